The number of nitrogens with one attached hydrogen (secondary N) is 1. The molecule has 1 N–H and O–H groups in total. The first-order valence-electron chi connectivity index (χ1n) is 6.58. The molecule has 0 radical (unpaired) electrons. The van der Waals surface area contributed by atoms with Gasteiger partial charge in [-0.25, -0.2) is 0 Å². The maximum atomic E-state index is 12.2. The number of thiophene rings is 1. The van der Waals surface area contributed by atoms with Gasteiger partial charge in [0.15, 0.2) is 0 Å². The fraction of sp³-hybridized carbons (Fsp3) is 0.333. The predicted octanol–water partition coefficient (Wildman–Crippen LogP) is 4.50. The first-order chi connectivity index (χ1) is 9.98. The fourth-order valence-electron chi connectivity index (χ4n) is 2.01. The Morgan fingerprint density at radius 3 is 2.71 bits per heavy atom. The van der Waals surface area contributed by atoms with Gasteiger partial charge in [-0.2, -0.15) is 0 Å². The number of halogens is 3. The first-order valence-corrected chi connectivity index (χ1v) is 7.46. The van der Waals surface area contributed by atoms with Gasteiger partial charge in [-0.1, -0.05) is 19.1 Å². The molecule has 2 nitrogen and oxygen atoms in total. The van der Waals surface area contributed by atoms with Gasteiger partial charge in [0, 0.05) is 18.0 Å². The molecule has 1 aromatic heterocycles. The molecular weight excluding hydrogens is 299 g/mol. The van der Waals surface area contributed by atoms with E-state index < -0.39 is 6.36 Å². The topological polar surface area (TPSA) is 21.3 Å². The van der Waals surface area contributed by atoms with Gasteiger partial charge in [-0.05, 0) is 41.1 Å². The van der Waals surface area contributed by atoms with Gasteiger partial charge in [0.1, 0.15) is 5.75 Å². The Bertz CT molecular complexity index is 580. The van der Waals surface area contributed by atoms with Crippen LogP contribution in [0.5, 0.6) is 5.75 Å². The minimum absolute atomic E-state index is 0.188. The number of rotatable bonds is 6. The zero-order chi connectivity index (χ0) is 15.3. The van der Waals surface area contributed by atoms with Gasteiger partial charge in [0.05, 0.1) is 0 Å². The van der Waals surface area contributed by atoms with Gasteiger partial charge in [-0.3, -0.25) is 0 Å². The van der Waals surface area contributed by atoms with Crippen LogP contribution >= 0.6 is 11.3 Å². The second kappa shape index (κ2) is 6.95. The molecule has 0 unspecified atom stereocenters. The zero-order valence-electron chi connectivity index (χ0n) is 11.5. The van der Waals surface area contributed by atoms with E-state index in [1.54, 1.807) is 23.5 Å². The quantitative estimate of drug-likeness (QED) is 0.847. The fourth-order valence-corrected chi connectivity index (χ4v) is 2.96. The molecule has 21 heavy (non-hydrogen) atoms. The molecule has 1 aromatic carbocycles. The van der Waals surface area contributed by atoms with Gasteiger partial charge in [-0.15, -0.1) is 24.5 Å². The van der Waals surface area contributed by atoms with E-state index in [2.05, 4.69) is 23.0 Å². The van der Waals surface area contributed by atoms with Crippen molar-refractivity contribution >= 4 is 11.3 Å². The maximum absolute atomic E-state index is 12.2. The van der Waals surface area contributed by atoms with Crippen LogP contribution in [0, 0.1) is 0 Å². The lowest BCUT2D eigenvalue weighted by atomic mass is 10.2. The van der Waals surface area contributed by atoms with Crippen molar-refractivity contribution in [1.29, 1.82) is 0 Å². The number of benzene rings is 1. The van der Waals surface area contributed by atoms with E-state index in [4.69, 9.17) is 0 Å². The van der Waals surface area contributed by atoms with Crippen LogP contribution in [-0.2, 0) is 19.5 Å². The van der Waals surface area contributed by atoms with E-state index >= 15 is 0 Å². The highest BCUT2D eigenvalue weighted by atomic mass is 32.1. The van der Waals surface area contributed by atoms with E-state index in [0.717, 1.165) is 12.0 Å². The van der Waals surface area contributed by atoms with Crippen molar-refractivity contribution in [3.63, 3.8) is 0 Å². The van der Waals surface area contributed by atoms with E-state index in [9.17, 15) is 13.2 Å². The molecule has 0 bridgehead atoms. The third kappa shape index (κ3) is 5.06. The van der Waals surface area contributed by atoms with Crippen molar-refractivity contribution in [2.45, 2.75) is 32.8 Å². The van der Waals surface area contributed by atoms with Gasteiger partial charge in [0.25, 0.3) is 0 Å². The van der Waals surface area contributed by atoms with E-state index in [0.29, 0.717) is 13.1 Å². The summed E-state index contributed by atoms with van der Waals surface area (Å²) < 4.78 is 40.4. The molecule has 0 atom stereocenters. The van der Waals surface area contributed by atoms with Crippen LogP contribution in [-0.4, -0.2) is 6.36 Å². The zero-order valence-corrected chi connectivity index (χ0v) is 12.4. The largest absolute Gasteiger partial charge is 0.573 e. The Morgan fingerprint density at radius 1 is 1.19 bits per heavy atom. The molecule has 0 saturated heterocycles. The van der Waals surface area contributed by atoms with Crippen LogP contribution in [0.2, 0.25) is 0 Å². The molecular formula is C15H16F3NOS. The third-order valence-electron chi connectivity index (χ3n) is 2.97. The Labute approximate surface area is 125 Å². The summed E-state index contributed by atoms with van der Waals surface area (Å²) in [6, 6.07) is 8.12. The summed E-state index contributed by atoms with van der Waals surface area (Å²) in [5.74, 6) is -0.188. The monoisotopic (exact) mass is 315 g/mol. The summed E-state index contributed by atoms with van der Waals surface area (Å²) in [5.41, 5.74) is 2.06. The Balaban J connectivity index is 1.90. The molecule has 0 saturated carbocycles. The summed E-state index contributed by atoms with van der Waals surface area (Å²) in [7, 11) is 0. The van der Waals surface area contributed by atoms with Crippen LogP contribution in [0.4, 0.5) is 13.2 Å². The summed E-state index contributed by atoms with van der Waals surface area (Å²) in [5, 5.41) is 5.29. The average molecular weight is 315 g/mol. The molecule has 0 aliphatic rings. The SMILES string of the molecule is CCc1ccsc1CNCc1cccc(OC(F)(F)F)c1. The van der Waals surface area contributed by atoms with Crippen LogP contribution in [0.3, 0.4) is 0 Å². The predicted molar refractivity (Wildman–Crippen MR) is 77.4 cm³/mol. The number of hydrogen-bond donors (Lipinski definition) is 1. The molecule has 0 aliphatic heterocycles. The van der Waals surface area contributed by atoms with Gasteiger partial charge in [0.2, 0.25) is 0 Å². The minimum Gasteiger partial charge on any atom is -0.406 e. The second-order valence-electron chi connectivity index (χ2n) is 4.52. The van der Waals surface area contributed by atoms with Crippen molar-refractivity contribution in [2.75, 3.05) is 0 Å². The maximum Gasteiger partial charge on any atom is 0.573 e. The van der Waals surface area contributed by atoms with Crippen molar-refractivity contribution < 1.29 is 17.9 Å². The normalized spacial score (nSPS) is 11.6. The van der Waals surface area contributed by atoms with Gasteiger partial charge >= 0.3 is 6.36 Å². The number of hydrogen-bond acceptors (Lipinski definition) is 3. The lowest BCUT2D eigenvalue weighted by Crippen LogP contribution is -2.17. The second-order valence-corrected chi connectivity index (χ2v) is 5.52. The Morgan fingerprint density at radius 2 is 2.00 bits per heavy atom. The number of ether oxygens (including phenoxy) is 1. The summed E-state index contributed by atoms with van der Waals surface area (Å²) in [4.78, 5) is 1.26. The van der Waals surface area contributed by atoms with Crippen molar-refractivity contribution in [1.82, 2.24) is 5.32 Å². The smallest absolute Gasteiger partial charge is 0.406 e. The lowest BCUT2D eigenvalue weighted by molar-refractivity contribution is -0.274. The highest BCUT2D eigenvalue weighted by molar-refractivity contribution is 7.10. The average Bonchev–Trinajstić information content (AvgIpc) is 2.85. The summed E-state index contributed by atoms with van der Waals surface area (Å²) in [6.45, 7) is 3.31. The molecule has 2 aromatic rings. The highest BCUT2D eigenvalue weighted by Gasteiger charge is 2.31. The van der Waals surface area contributed by atoms with E-state index in [1.807, 2.05) is 5.38 Å². The molecule has 6 heteroatoms. The molecule has 0 aliphatic carbocycles. The molecule has 114 valence electrons. The Hall–Kier alpha value is -1.53. The summed E-state index contributed by atoms with van der Waals surface area (Å²) in [6.07, 6.45) is -3.67. The standard InChI is InChI=1S/C15H16F3NOS/c1-2-12-6-7-21-14(12)10-19-9-11-4-3-5-13(8-11)20-15(16,17)18/h3-8,19H,2,9-10H2,1H3. The highest BCUT2D eigenvalue weighted by Crippen LogP contribution is 2.23. The molecule has 2 rings (SSSR count). The van der Waals surface area contributed by atoms with Crippen molar-refractivity contribution in [3.8, 4) is 5.75 Å². The lowest BCUT2D eigenvalue weighted by Gasteiger charge is -2.10. The van der Waals surface area contributed by atoms with Crippen LogP contribution < -0.4 is 10.1 Å². The van der Waals surface area contributed by atoms with Crippen molar-refractivity contribution in [3.05, 3.63) is 51.7 Å². The number of aryl methyl sites for hydroxylation is 1. The third-order valence-corrected chi connectivity index (χ3v) is 3.93. The molecule has 0 spiro atoms. The van der Waals surface area contributed by atoms with Crippen LogP contribution in [0.15, 0.2) is 35.7 Å². The molecule has 0 amide bonds. The Kier molecular flexibility index (Phi) is 5.25. The van der Waals surface area contributed by atoms with E-state index in [1.165, 1.54) is 22.6 Å². The van der Waals surface area contributed by atoms with Gasteiger partial charge < -0.3 is 10.1 Å². The summed E-state index contributed by atoms with van der Waals surface area (Å²) >= 11 is 1.68. The molecule has 0 fully saturated rings. The number of alkyl halides is 3. The first kappa shape index (κ1) is 15.9. The van der Waals surface area contributed by atoms with Crippen LogP contribution in [0.25, 0.3) is 0 Å². The molecule has 1 heterocycles. The van der Waals surface area contributed by atoms with Crippen LogP contribution in [0.1, 0.15) is 22.9 Å². The minimum atomic E-state index is -4.65. The van der Waals surface area contributed by atoms with Crippen molar-refractivity contribution in [2.24, 2.45) is 0 Å². The van der Waals surface area contributed by atoms with E-state index in [-0.39, 0.29) is 5.75 Å².